The number of H-pyrrole nitrogens is 1. The Bertz CT molecular complexity index is 1120. The summed E-state index contributed by atoms with van der Waals surface area (Å²) in [5.41, 5.74) is 13.0. The maximum absolute atomic E-state index is 13.0. The van der Waals surface area contributed by atoms with Crippen molar-refractivity contribution in [2.45, 2.75) is 43.4 Å². The number of aromatic nitrogens is 1. The van der Waals surface area contributed by atoms with E-state index in [1.807, 2.05) is 35.8 Å². The van der Waals surface area contributed by atoms with Gasteiger partial charge in [-0.2, -0.15) is 11.8 Å². The smallest absolute Gasteiger partial charge is 0.328 e. The van der Waals surface area contributed by atoms with Crippen molar-refractivity contribution >= 4 is 52.3 Å². The molecule has 2 rings (SSSR count). The number of hydrogen-bond acceptors (Lipinski definition) is 8. The molecular weight excluding hydrogens is 504 g/mol. The van der Waals surface area contributed by atoms with Crippen molar-refractivity contribution in [3.8, 4) is 0 Å². The van der Waals surface area contributed by atoms with Gasteiger partial charge in [-0.15, -0.1) is 0 Å². The van der Waals surface area contributed by atoms with Gasteiger partial charge in [0.15, 0.2) is 0 Å². The van der Waals surface area contributed by atoms with Gasteiger partial charge in [0.1, 0.15) is 18.1 Å². The van der Waals surface area contributed by atoms with Gasteiger partial charge in [0.05, 0.1) is 19.1 Å². The van der Waals surface area contributed by atoms with Crippen LogP contribution >= 0.6 is 11.8 Å². The minimum Gasteiger partial charge on any atom is -0.480 e. The summed E-state index contributed by atoms with van der Waals surface area (Å²) in [6.45, 7) is -0.904. The Morgan fingerprint density at radius 2 is 1.62 bits per heavy atom. The maximum atomic E-state index is 13.0. The van der Waals surface area contributed by atoms with Crippen LogP contribution in [0, 0.1) is 0 Å². The molecule has 0 saturated carbocycles. The van der Waals surface area contributed by atoms with Crippen molar-refractivity contribution in [2.24, 2.45) is 11.5 Å². The second-order valence-electron chi connectivity index (χ2n) is 8.33. The molecule has 4 amide bonds. The molecule has 0 bridgehead atoms. The number of thioether (sulfide) groups is 1. The Hall–Kier alpha value is -3.62. The number of carbonyl (C=O) groups excluding carboxylic acids is 4. The van der Waals surface area contributed by atoms with E-state index < -0.39 is 66.8 Å². The third kappa shape index (κ3) is 8.77. The molecule has 202 valence electrons. The highest BCUT2D eigenvalue weighted by atomic mass is 32.2. The van der Waals surface area contributed by atoms with Crippen LogP contribution in [0.5, 0.6) is 0 Å². The van der Waals surface area contributed by atoms with Gasteiger partial charge in [-0.25, -0.2) is 4.79 Å². The SMILES string of the molecule is CSCCC(NC(=O)C(N)Cc1c[nH]c2ccccc12)C(=O)NC(CC(N)=O)C(=O)NC(CO)C(=O)O. The lowest BCUT2D eigenvalue weighted by Crippen LogP contribution is -2.58. The lowest BCUT2D eigenvalue weighted by Gasteiger charge is -2.24. The van der Waals surface area contributed by atoms with Crippen LogP contribution in [0.3, 0.4) is 0 Å². The number of nitrogens with two attached hydrogens (primary N) is 2. The molecule has 0 spiro atoms. The van der Waals surface area contributed by atoms with Crippen molar-refractivity contribution in [3.05, 3.63) is 36.0 Å². The second-order valence-corrected chi connectivity index (χ2v) is 9.31. The topological polar surface area (TPSA) is 230 Å². The molecule has 1 aromatic heterocycles. The molecule has 2 aromatic rings. The number of primary amides is 1. The van der Waals surface area contributed by atoms with Gasteiger partial charge in [0.2, 0.25) is 23.6 Å². The van der Waals surface area contributed by atoms with Crippen molar-refractivity contribution in [3.63, 3.8) is 0 Å². The number of nitrogens with one attached hydrogen (secondary N) is 4. The number of aliphatic hydroxyl groups is 1. The van der Waals surface area contributed by atoms with Gasteiger partial charge in [-0.05, 0) is 36.5 Å². The molecule has 13 nitrogen and oxygen atoms in total. The van der Waals surface area contributed by atoms with E-state index in [0.717, 1.165) is 16.5 Å². The van der Waals surface area contributed by atoms with Crippen molar-refractivity contribution in [2.75, 3.05) is 18.6 Å². The highest BCUT2D eigenvalue weighted by molar-refractivity contribution is 7.98. The first kappa shape index (κ1) is 29.6. The molecule has 0 saturated heterocycles. The molecular formula is C23H32N6O7S. The fourth-order valence-corrected chi connectivity index (χ4v) is 4.03. The number of carbonyl (C=O) groups is 5. The lowest BCUT2D eigenvalue weighted by atomic mass is 10.0. The van der Waals surface area contributed by atoms with E-state index in [1.165, 1.54) is 11.8 Å². The van der Waals surface area contributed by atoms with E-state index in [4.69, 9.17) is 21.7 Å². The Balaban J connectivity index is 2.11. The minimum absolute atomic E-state index is 0.192. The largest absolute Gasteiger partial charge is 0.480 e. The molecule has 1 aromatic carbocycles. The van der Waals surface area contributed by atoms with Crippen LogP contribution < -0.4 is 27.4 Å². The van der Waals surface area contributed by atoms with Gasteiger partial charge in [-0.3, -0.25) is 19.2 Å². The molecule has 0 aliphatic rings. The normalized spacial score (nSPS) is 14.2. The van der Waals surface area contributed by atoms with Crippen LogP contribution in [0.4, 0.5) is 0 Å². The fourth-order valence-electron chi connectivity index (χ4n) is 3.55. The van der Waals surface area contributed by atoms with Crippen molar-refractivity contribution in [1.82, 2.24) is 20.9 Å². The van der Waals surface area contributed by atoms with Crippen molar-refractivity contribution < 1.29 is 34.2 Å². The van der Waals surface area contributed by atoms with Crippen molar-refractivity contribution in [1.29, 1.82) is 0 Å². The molecule has 1 heterocycles. The van der Waals surface area contributed by atoms with E-state index in [2.05, 4.69) is 15.6 Å². The number of fused-ring (bicyclic) bond motifs is 1. The average Bonchev–Trinajstić information content (AvgIpc) is 3.26. The number of carboxylic acid groups (broad SMARTS) is 1. The Kier molecular flexibility index (Phi) is 11.4. The Morgan fingerprint density at radius 1 is 1.00 bits per heavy atom. The molecule has 37 heavy (non-hydrogen) atoms. The summed E-state index contributed by atoms with van der Waals surface area (Å²) >= 11 is 1.43. The number of benzene rings is 1. The van der Waals surface area contributed by atoms with E-state index in [9.17, 15) is 24.0 Å². The number of carboxylic acids is 1. The third-order valence-electron chi connectivity index (χ3n) is 5.53. The second kappa shape index (κ2) is 14.2. The van der Waals surface area contributed by atoms with Gasteiger partial charge < -0.3 is 42.6 Å². The first-order valence-corrected chi connectivity index (χ1v) is 12.8. The predicted octanol–water partition coefficient (Wildman–Crippen LogP) is -1.80. The number of aliphatic carboxylic acids is 1. The Labute approximate surface area is 217 Å². The van der Waals surface area contributed by atoms with Crippen LogP contribution in [0.25, 0.3) is 10.9 Å². The van der Waals surface area contributed by atoms with E-state index in [-0.39, 0.29) is 12.8 Å². The first-order valence-electron chi connectivity index (χ1n) is 11.4. The van der Waals surface area contributed by atoms with Gasteiger partial charge in [-0.1, -0.05) is 18.2 Å². The zero-order valence-corrected chi connectivity index (χ0v) is 21.0. The number of rotatable bonds is 15. The summed E-state index contributed by atoms with van der Waals surface area (Å²) < 4.78 is 0. The van der Waals surface area contributed by atoms with E-state index in [1.54, 1.807) is 6.20 Å². The molecule has 4 atom stereocenters. The Morgan fingerprint density at radius 3 is 2.24 bits per heavy atom. The summed E-state index contributed by atoms with van der Waals surface area (Å²) in [5, 5.41) is 26.1. The van der Waals surface area contributed by atoms with Crippen LogP contribution in [-0.2, 0) is 30.4 Å². The predicted molar refractivity (Wildman–Crippen MR) is 137 cm³/mol. The zero-order valence-electron chi connectivity index (χ0n) is 20.2. The quantitative estimate of drug-likeness (QED) is 0.128. The summed E-state index contributed by atoms with van der Waals surface area (Å²) in [5.74, 6) is -4.35. The maximum Gasteiger partial charge on any atom is 0.328 e. The zero-order chi connectivity index (χ0) is 27.5. The van der Waals surface area contributed by atoms with E-state index >= 15 is 0 Å². The van der Waals surface area contributed by atoms with Crippen LogP contribution in [0.2, 0.25) is 0 Å². The van der Waals surface area contributed by atoms with Crippen LogP contribution in [0.1, 0.15) is 18.4 Å². The van der Waals surface area contributed by atoms with Gasteiger partial charge >= 0.3 is 5.97 Å². The van der Waals surface area contributed by atoms with Crippen LogP contribution in [-0.4, -0.2) is 87.6 Å². The highest BCUT2D eigenvalue weighted by Gasteiger charge is 2.31. The number of aromatic amines is 1. The molecule has 14 heteroatoms. The summed E-state index contributed by atoms with van der Waals surface area (Å²) in [4.78, 5) is 64.1. The molecule has 0 fully saturated rings. The number of para-hydroxylation sites is 1. The number of aliphatic hydroxyl groups excluding tert-OH is 1. The van der Waals surface area contributed by atoms with Crippen LogP contribution in [0.15, 0.2) is 30.5 Å². The van der Waals surface area contributed by atoms with Gasteiger partial charge in [0.25, 0.3) is 0 Å². The first-order chi connectivity index (χ1) is 17.6. The molecule has 0 aliphatic carbocycles. The molecule has 0 aliphatic heterocycles. The molecule has 10 N–H and O–H groups in total. The average molecular weight is 537 g/mol. The molecule has 0 radical (unpaired) electrons. The van der Waals surface area contributed by atoms with Gasteiger partial charge in [0, 0.05) is 17.1 Å². The highest BCUT2D eigenvalue weighted by Crippen LogP contribution is 2.18. The summed E-state index contributed by atoms with van der Waals surface area (Å²) in [6, 6.07) is 2.30. The number of amides is 4. The fraction of sp³-hybridized carbons (Fsp3) is 0.435. The summed E-state index contributed by atoms with van der Waals surface area (Å²) in [7, 11) is 0. The van der Waals surface area contributed by atoms with E-state index in [0.29, 0.717) is 5.75 Å². The number of hydrogen-bond donors (Lipinski definition) is 8. The third-order valence-corrected chi connectivity index (χ3v) is 6.17. The standard InChI is InChI=1S/C23H32N6O7S/c1-37-7-6-16(21(33)28-17(9-19(25)31)22(34)29-18(11-30)23(35)36)27-20(32)14(24)8-12-10-26-15-5-3-2-4-13(12)15/h2-5,10,14,16-18,26,30H,6-9,11,24H2,1H3,(H2,25,31)(H,27,32)(H,28,33)(H,29,34)(H,35,36). The lowest BCUT2D eigenvalue weighted by molar-refractivity contribution is -0.143. The minimum atomic E-state index is -1.64. The molecule has 4 unspecified atom stereocenters. The monoisotopic (exact) mass is 536 g/mol. The summed E-state index contributed by atoms with van der Waals surface area (Å²) in [6.07, 6.45) is 3.34.